The van der Waals surface area contributed by atoms with Crippen molar-refractivity contribution in [2.24, 2.45) is 0 Å². The number of carboxylic acid groups (broad SMARTS) is 1. The molecule has 25 heavy (non-hydrogen) atoms. The minimum absolute atomic E-state index is 0.182. The molecule has 0 unspecified atom stereocenters. The Morgan fingerprint density at radius 3 is 2.72 bits per heavy atom. The number of nitrogens with zero attached hydrogens (tertiary/aromatic N) is 3. The van der Waals surface area contributed by atoms with E-state index in [1.807, 2.05) is 6.26 Å². The van der Waals surface area contributed by atoms with Crippen molar-refractivity contribution in [1.29, 1.82) is 0 Å². The van der Waals surface area contributed by atoms with Crippen LogP contribution >= 0.6 is 11.8 Å². The number of fused-ring (bicyclic) bond motifs is 1. The number of nitrogens with one attached hydrogen (secondary N) is 1. The van der Waals surface area contributed by atoms with Gasteiger partial charge >= 0.3 is 0 Å². The predicted molar refractivity (Wildman–Crippen MR) is 93.1 cm³/mol. The fraction of sp³-hybridized carbons (Fsp3) is 0.438. The summed E-state index contributed by atoms with van der Waals surface area (Å²) in [6.07, 6.45) is 2.38. The molecule has 0 aliphatic heterocycles. The van der Waals surface area contributed by atoms with Gasteiger partial charge in [0, 0.05) is 0 Å². The summed E-state index contributed by atoms with van der Waals surface area (Å²) in [4.78, 5) is 36.3. The highest BCUT2D eigenvalue weighted by atomic mass is 32.2. The smallest absolute Gasteiger partial charge is 0.278 e. The summed E-state index contributed by atoms with van der Waals surface area (Å²) in [5.74, 6) is -1.35. The summed E-state index contributed by atoms with van der Waals surface area (Å²) in [6.45, 7) is 1.62. The molecule has 0 bridgehead atoms. The molecule has 0 radical (unpaired) electrons. The third-order valence-electron chi connectivity index (χ3n) is 3.79. The number of carbonyl (C=O) groups is 2. The molecule has 1 heterocycles. The number of aromatic nitrogens is 3. The van der Waals surface area contributed by atoms with Crippen molar-refractivity contribution in [2.45, 2.75) is 31.8 Å². The van der Waals surface area contributed by atoms with E-state index in [0.29, 0.717) is 23.1 Å². The Balaban J connectivity index is 2.40. The van der Waals surface area contributed by atoms with E-state index in [9.17, 15) is 19.5 Å². The van der Waals surface area contributed by atoms with Gasteiger partial charge in [-0.3, -0.25) is 9.59 Å². The maximum Gasteiger partial charge on any atom is 0.278 e. The molecule has 1 amide bonds. The van der Waals surface area contributed by atoms with Gasteiger partial charge in [-0.25, -0.2) is 0 Å². The van der Waals surface area contributed by atoms with E-state index < -0.39 is 29.5 Å². The lowest BCUT2D eigenvalue weighted by Gasteiger charge is -2.22. The molecule has 1 N–H and O–H groups in total. The van der Waals surface area contributed by atoms with Gasteiger partial charge in [0.25, 0.3) is 5.56 Å². The van der Waals surface area contributed by atoms with E-state index in [1.165, 1.54) is 11.8 Å². The lowest BCUT2D eigenvalue weighted by molar-refractivity contribution is -0.308. The van der Waals surface area contributed by atoms with Crippen molar-refractivity contribution in [3.63, 3.8) is 0 Å². The van der Waals surface area contributed by atoms with Crippen LogP contribution in [0.25, 0.3) is 10.9 Å². The second-order valence-electron chi connectivity index (χ2n) is 5.44. The molecule has 0 spiro atoms. The van der Waals surface area contributed by atoms with Gasteiger partial charge in [-0.15, -0.1) is 5.10 Å². The van der Waals surface area contributed by atoms with Crippen LogP contribution in [-0.2, 0) is 9.59 Å². The number of thioether (sulfide) groups is 1. The third-order valence-corrected chi connectivity index (χ3v) is 4.44. The minimum Gasteiger partial charge on any atom is -0.548 e. The molecule has 0 aliphatic carbocycles. The van der Waals surface area contributed by atoms with E-state index >= 15 is 0 Å². The predicted octanol–water partition coefficient (Wildman–Crippen LogP) is -0.270. The van der Waals surface area contributed by atoms with E-state index in [2.05, 4.69) is 15.6 Å². The maximum absolute atomic E-state index is 12.7. The fourth-order valence-electron chi connectivity index (χ4n) is 2.40. The van der Waals surface area contributed by atoms with Crippen LogP contribution < -0.4 is 16.0 Å². The number of hydrogen-bond donors (Lipinski definition) is 1. The van der Waals surface area contributed by atoms with Crippen molar-refractivity contribution in [1.82, 2.24) is 20.3 Å². The number of carbonyl (C=O) groups excluding carboxylic acids is 2. The summed E-state index contributed by atoms with van der Waals surface area (Å²) >= 11 is 1.51. The number of amides is 1. The Hall–Kier alpha value is -2.42. The molecule has 0 aliphatic rings. The summed E-state index contributed by atoms with van der Waals surface area (Å²) in [5, 5.41) is 21.7. The third kappa shape index (κ3) is 4.36. The van der Waals surface area contributed by atoms with E-state index in [0.717, 1.165) is 4.68 Å². The highest BCUT2D eigenvalue weighted by Crippen LogP contribution is 2.14. The van der Waals surface area contributed by atoms with Gasteiger partial charge in [0.15, 0.2) is 0 Å². The van der Waals surface area contributed by atoms with Gasteiger partial charge in [-0.2, -0.15) is 16.4 Å². The zero-order valence-corrected chi connectivity index (χ0v) is 14.8. The Morgan fingerprint density at radius 1 is 1.36 bits per heavy atom. The van der Waals surface area contributed by atoms with Crippen molar-refractivity contribution in [3.05, 3.63) is 34.6 Å². The number of rotatable bonds is 8. The SMILES string of the molecule is CC[C@H](NC(=O)[C@H](CCSC)n1nnc2ccccc2c1=O)C(=O)[O-]. The highest BCUT2D eigenvalue weighted by molar-refractivity contribution is 7.98. The van der Waals surface area contributed by atoms with Gasteiger partial charge in [0.1, 0.15) is 11.6 Å². The first-order valence-corrected chi connectivity index (χ1v) is 9.23. The number of hydrogen-bond acceptors (Lipinski definition) is 7. The normalized spacial score (nSPS) is 13.4. The molecule has 2 atom stereocenters. The largest absolute Gasteiger partial charge is 0.548 e. The average molecular weight is 363 g/mol. The van der Waals surface area contributed by atoms with Crippen molar-refractivity contribution in [2.75, 3.05) is 12.0 Å². The van der Waals surface area contributed by atoms with Crippen LogP contribution in [0.1, 0.15) is 25.8 Å². The Morgan fingerprint density at radius 2 is 2.08 bits per heavy atom. The van der Waals surface area contributed by atoms with Gasteiger partial charge < -0.3 is 15.2 Å². The molecule has 9 heteroatoms. The number of carboxylic acids is 1. The lowest BCUT2D eigenvalue weighted by Crippen LogP contribution is -2.50. The second kappa shape index (κ2) is 8.61. The molecule has 0 saturated heterocycles. The van der Waals surface area contributed by atoms with E-state index in [1.54, 1.807) is 31.2 Å². The number of aliphatic carboxylic acids is 1. The first-order valence-electron chi connectivity index (χ1n) is 7.84. The monoisotopic (exact) mass is 363 g/mol. The van der Waals surface area contributed by atoms with Crippen LogP contribution in [-0.4, -0.2) is 44.9 Å². The quantitative estimate of drug-likeness (QED) is 0.686. The average Bonchev–Trinajstić information content (AvgIpc) is 2.61. The zero-order chi connectivity index (χ0) is 18.4. The molecular formula is C16H19N4O4S-. The van der Waals surface area contributed by atoms with Crippen molar-refractivity contribution in [3.8, 4) is 0 Å². The Bertz CT molecular complexity index is 823. The molecule has 134 valence electrons. The molecule has 2 aromatic rings. The Kier molecular flexibility index (Phi) is 6.51. The molecule has 2 rings (SSSR count). The molecule has 1 aromatic heterocycles. The van der Waals surface area contributed by atoms with Crippen LogP contribution in [0.4, 0.5) is 0 Å². The first-order chi connectivity index (χ1) is 12.0. The van der Waals surface area contributed by atoms with E-state index in [4.69, 9.17) is 0 Å². The van der Waals surface area contributed by atoms with E-state index in [-0.39, 0.29) is 6.42 Å². The van der Waals surface area contributed by atoms with Crippen LogP contribution in [0.3, 0.4) is 0 Å². The highest BCUT2D eigenvalue weighted by Gasteiger charge is 2.25. The maximum atomic E-state index is 12.7. The second-order valence-corrected chi connectivity index (χ2v) is 6.43. The molecule has 0 fully saturated rings. The van der Waals surface area contributed by atoms with Crippen LogP contribution in [0.5, 0.6) is 0 Å². The van der Waals surface area contributed by atoms with Crippen LogP contribution in [0.15, 0.2) is 29.1 Å². The summed E-state index contributed by atoms with van der Waals surface area (Å²) < 4.78 is 1.02. The summed E-state index contributed by atoms with van der Waals surface area (Å²) in [5.41, 5.74) is 0.00213. The standard InChI is InChI=1S/C16H20N4O4S/c1-3-11(16(23)24)17-14(21)13(8-9-25-2)20-15(22)10-6-4-5-7-12(10)18-19-20/h4-7,11,13H,3,8-9H2,1-2H3,(H,17,21)(H,23,24)/p-1/t11-,13-/m0/s1. The van der Waals surface area contributed by atoms with Gasteiger partial charge in [0.2, 0.25) is 5.91 Å². The lowest BCUT2D eigenvalue weighted by atomic mass is 10.1. The summed E-state index contributed by atoms with van der Waals surface area (Å²) in [6, 6.07) is 4.66. The molecular weight excluding hydrogens is 344 g/mol. The molecule has 8 nitrogen and oxygen atoms in total. The molecule has 0 saturated carbocycles. The summed E-state index contributed by atoms with van der Waals surface area (Å²) in [7, 11) is 0. The molecule has 1 aromatic carbocycles. The van der Waals surface area contributed by atoms with Gasteiger partial charge in [-0.05, 0) is 37.0 Å². The van der Waals surface area contributed by atoms with Gasteiger partial charge in [-0.1, -0.05) is 24.3 Å². The van der Waals surface area contributed by atoms with Crippen molar-refractivity contribution >= 4 is 34.5 Å². The van der Waals surface area contributed by atoms with Gasteiger partial charge in [0.05, 0.1) is 17.4 Å². The Labute approximate surface area is 148 Å². The number of benzene rings is 1. The fourth-order valence-corrected chi connectivity index (χ4v) is 2.85. The zero-order valence-electron chi connectivity index (χ0n) is 14.0. The van der Waals surface area contributed by atoms with Crippen LogP contribution in [0, 0.1) is 0 Å². The van der Waals surface area contributed by atoms with Crippen LogP contribution in [0.2, 0.25) is 0 Å². The topological polar surface area (TPSA) is 117 Å². The first kappa shape index (κ1) is 18.9. The minimum atomic E-state index is -1.36. The van der Waals surface area contributed by atoms with Crippen molar-refractivity contribution < 1.29 is 14.7 Å².